The molecule has 0 aliphatic carbocycles. The van der Waals surface area contributed by atoms with E-state index >= 15 is 0 Å². The predicted molar refractivity (Wildman–Crippen MR) is 83.5 cm³/mol. The van der Waals surface area contributed by atoms with E-state index in [9.17, 15) is 0 Å². The number of nitrogens with one attached hydrogen (secondary N) is 1. The van der Waals surface area contributed by atoms with Crippen molar-refractivity contribution in [2.45, 2.75) is 33.2 Å². The highest BCUT2D eigenvalue weighted by atomic mass is 79.9. The molecule has 2 aromatic rings. The van der Waals surface area contributed by atoms with E-state index in [0.29, 0.717) is 5.92 Å². The average Bonchev–Trinajstić information content (AvgIpc) is 2.61. The molecule has 3 nitrogen and oxygen atoms in total. The number of hydrogen-bond acceptors (Lipinski definition) is 2. The zero-order valence-electron chi connectivity index (χ0n) is 11.9. The van der Waals surface area contributed by atoms with Crippen molar-refractivity contribution in [1.82, 2.24) is 9.78 Å². The first kappa shape index (κ1) is 14.1. The van der Waals surface area contributed by atoms with Gasteiger partial charge in [0.05, 0.1) is 22.4 Å². The summed E-state index contributed by atoms with van der Waals surface area (Å²) in [5.41, 5.74) is 4.69. The fourth-order valence-electron chi connectivity index (χ4n) is 2.07. The second-order valence-corrected chi connectivity index (χ2v) is 5.90. The van der Waals surface area contributed by atoms with Crippen LogP contribution in [0.4, 0.5) is 5.69 Å². The number of benzene rings is 1. The molecule has 1 N–H and O–H groups in total. The maximum Gasteiger partial charge on any atom is 0.0739 e. The SMILES string of the molecule is Cc1nn(C)c(CNc2cccc(C(C)C)c2)c1Br. The van der Waals surface area contributed by atoms with Gasteiger partial charge in [-0.05, 0) is 46.5 Å². The maximum atomic E-state index is 4.40. The van der Waals surface area contributed by atoms with Gasteiger partial charge in [-0.2, -0.15) is 5.10 Å². The molecule has 1 aromatic carbocycles. The van der Waals surface area contributed by atoms with E-state index in [1.54, 1.807) is 0 Å². The summed E-state index contributed by atoms with van der Waals surface area (Å²) in [6.07, 6.45) is 0. The number of halogens is 1. The van der Waals surface area contributed by atoms with Gasteiger partial charge in [0, 0.05) is 12.7 Å². The topological polar surface area (TPSA) is 29.9 Å². The molecule has 4 heteroatoms. The third-order valence-electron chi connectivity index (χ3n) is 3.27. The van der Waals surface area contributed by atoms with E-state index in [4.69, 9.17) is 0 Å². The van der Waals surface area contributed by atoms with Crippen molar-refractivity contribution < 1.29 is 0 Å². The van der Waals surface area contributed by atoms with Crippen LogP contribution in [0.15, 0.2) is 28.7 Å². The minimum atomic E-state index is 0.549. The molecule has 0 aliphatic heterocycles. The van der Waals surface area contributed by atoms with Gasteiger partial charge in [0.1, 0.15) is 0 Å². The first-order valence-corrected chi connectivity index (χ1v) is 7.30. The van der Waals surface area contributed by atoms with Crippen molar-refractivity contribution in [2.75, 3.05) is 5.32 Å². The van der Waals surface area contributed by atoms with Gasteiger partial charge in [0.2, 0.25) is 0 Å². The van der Waals surface area contributed by atoms with Crippen molar-refractivity contribution in [3.63, 3.8) is 0 Å². The van der Waals surface area contributed by atoms with Crippen LogP contribution in [0.2, 0.25) is 0 Å². The van der Waals surface area contributed by atoms with E-state index in [-0.39, 0.29) is 0 Å². The van der Waals surface area contributed by atoms with Crippen LogP contribution in [0, 0.1) is 6.92 Å². The molecule has 0 bridgehead atoms. The number of rotatable bonds is 4. The fraction of sp³-hybridized carbons (Fsp3) is 0.400. The predicted octanol–water partition coefficient (Wildman–Crippen LogP) is 4.23. The van der Waals surface area contributed by atoms with Crippen molar-refractivity contribution >= 4 is 21.6 Å². The molecule has 0 amide bonds. The van der Waals surface area contributed by atoms with Crippen LogP contribution < -0.4 is 5.32 Å². The molecule has 0 radical (unpaired) electrons. The first-order chi connectivity index (χ1) is 8.99. The van der Waals surface area contributed by atoms with E-state index in [1.807, 2.05) is 18.7 Å². The number of hydrogen-bond donors (Lipinski definition) is 1. The van der Waals surface area contributed by atoms with Gasteiger partial charge >= 0.3 is 0 Å². The lowest BCUT2D eigenvalue weighted by Gasteiger charge is -2.11. The maximum absolute atomic E-state index is 4.40. The summed E-state index contributed by atoms with van der Waals surface area (Å²) in [6, 6.07) is 8.58. The highest BCUT2D eigenvalue weighted by Crippen LogP contribution is 2.22. The Hall–Kier alpha value is -1.29. The van der Waals surface area contributed by atoms with Gasteiger partial charge in [-0.15, -0.1) is 0 Å². The molecule has 19 heavy (non-hydrogen) atoms. The Kier molecular flexibility index (Phi) is 4.30. The Morgan fingerprint density at radius 3 is 2.68 bits per heavy atom. The van der Waals surface area contributed by atoms with Gasteiger partial charge in [-0.3, -0.25) is 4.68 Å². The molecule has 0 saturated carbocycles. The summed E-state index contributed by atoms with van der Waals surface area (Å²) in [4.78, 5) is 0. The third kappa shape index (κ3) is 3.18. The van der Waals surface area contributed by atoms with Crippen LogP contribution >= 0.6 is 15.9 Å². The molecule has 0 saturated heterocycles. The lowest BCUT2D eigenvalue weighted by atomic mass is 10.0. The highest BCUT2D eigenvalue weighted by molar-refractivity contribution is 9.10. The summed E-state index contributed by atoms with van der Waals surface area (Å²) in [5.74, 6) is 0.549. The second kappa shape index (κ2) is 5.78. The zero-order valence-corrected chi connectivity index (χ0v) is 13.5. The Labute approximate surface area is 123 Å². The molecule has 102 valence electrons. The standard InChI is InChI=1S/C15H20BrN3/c1-10(2)12-6-5-7-13(8-12)17-9-14-15(16)11(3)18-19(14)4/h5-8,10,17H,9H2,1-4H3. The van der Waals surface area contributed by atoms with Gasteiger partial charge in [0.15, 0.2) is 0 Å². The molecule has 0 aliphatic rings. The quantitative estimate of drug-likeness (QED) is 0.913. The van der Waals surface area contributed by atoms with Gasteiger partial charge in [-0.25, -0.2) is 0 Å². The van der Waals surface area contributed by atoms with Crippen molar-refractivity contribution in [3.8, 4) is 0 Å². The van der Waals surface area contributed by atoms with Crippen LogP contribution in [0.25, 0.3) is 0 Å². The Morgan fingerprint density at radius 1 is 1.37 bits per heavy atom. The Bertz CT molecular complexity index is 573. The minimum Gasteiger partial charge on any atom is -0.379 e. The lowest BCUT2D eigenvalue weighted by molar-refractivity contribution is 0.712. The smallest absolute Gasteiger partial charge is 0.0739 e. The summed E-state index contributed by atoms with van der Waals surface area (Å²) in [5, 5.41) is 7.86. The van der Waals surface area contributed by atoms with E-state index in [2.05, 4.69) is 64.5 Å². The van der Waals surface area contributed by atoms with Crippen LogP contribution in [0.5, 0.6) is 0 Å². The molecule has 0 unspecified atom stereocenters. The van der Waals surface area contributed by atoms with Gasteiger partial charge < -0.3 is 5.32 Å². The normalized spacial score (nSPS) is 11.1. The van der Waals surface area contributed by atoms with Crippen LogP contribution in [0.1, 0.15) is 36.7 Å². The van der Waals surface area contributed by atoms with Crippen LogP contribution in [-0.4, -0.2) is 9.78 Å². The Morgan fingerprint density at radius 2 is 2.11 bits per heavy atom. The molecular weight excluding hydrogens is 302 g/mol. The molecule has 1 aromatic heterocycles. The summed E-state index contributed by atoms with van der Waals surface area (Å²) in [6.45, 7) is 7.19. The first-order valence-electron chi connectivity index (χ1n) is 6.51. The van der Waals surface area contributed by atoms with Crippen molar-refractivity contribution in [1.29, 1.82) is 0 Å². The number of anilines is 1. The molecule has 0 fully saturated rings. The highest BCUT2D eigenvalue weighted by Gasteiger charge is 2.10. The molecule has 2 rings (SSSR count). The minimum absolute atomic E-state index is 0.549. The fourth-order valence-corrected chi connectivity index (χ4v) is 2.54. The lowest BCUT2D eigenvalue weighted by Crippen LogP contribution is -2.06. The van der Waals surface area contributed by atoms with E-state index in [1.165, 1.54) is 5.56 Å². The molecule has 1 heterocycles. The largest absolute Gasteiger partial charge is 0.379 e. The Balaban J connectivity index is 2.12. The van der Waals surface area contributed by atoms with Gasteiger partial charge in [0.25, 0.3) is 0 Å². The van der Waals surface area contributed by atoms with Crippen molar-refractivity contribution in [2.24, 2.45) is 7.05 Å². The van der Waals surface area contributed by atoms with Gasteiger partial charge in [-0.1, -0.05) is 26.0 Å². The molecular formula is C15H20BrN3. The third-order valence-corrected chi connectivity index (χ3v) is 4.31. The zero-order chi connectivity index (χ0) is 14.0. The summed E-state index contributed by atoms with van der Waals surface area (Å²) in [7, 11) is 1.97. The van der Waals surface area contributed by atoms with E-state index < -0.39 is 0 Å². The molecule has 0 atom stereocenters. The van der Waals surface area contributed by atoms with Crippen LogP contribution in [-0.2, 0) is 13.6 Å². The number of nitrogens with zero attached hydrogens (tertiary/aromatic N) is 2. The van der Waals surface area contributed by atoms with E-state index in [0.717, 1.165) is 28.1 Å². The van der Waals surface area contributed by atoms with Crippen molar-refractivity contribution in [3.05, 3.63) is 45.7 Å². The summed E-state index contributed by atoms with van der Waals surface area (Å²) >= 11 is 3.59. The number of aromatic nitrogens is 2. The molecule has 0 spiro atoms. The second-order valence-electron chi connectivity index (χ2n) is 5.10. The number of aryl methyl sites for hydroxylation is 2. The monoisotopic (exact) mass is 321 g/mol. The average molecular weight is 322 g/mol. The summed E-state index contributed by atoms with van der Waals surface area (Å²) < 4.78 is 3.00. The van der Waals surface area contributed by atoms with Crippen LogP contribution in [0.3, 0.4) is 0 Å².